The predicted octanol–water partition coefficient (Wildman–Crippen LogP) is 13.1. The molecule has 1 saturated heterocycles. The molecular formula is C46H81NO4. The van der Waals surface area contributed by atoms with Gasteiger partial charge in [-0.2, -0.15) is 0 Å². The van der Waals surface area contributed by atoms with Crippen LogP contribution in [0.15, 0.2) is 48.6 Å². The second kappa shape index (κ2) is 30.7. The van der Waals surface area contributed by atoms with Crippen LogP contribution in [0.4, 0.5) is 0 Å². The number of hydrogen-bond acceptors (Lipinski definition) is 5. The molecule has 1 aliphatic carbocycles. The molecule has 5 nitrogen and oxygen atoms in total. The average molecular weight is 712 g/mol. The van der Waals surface area contributed by atoms with Crippen LogP contribution < -0.4 is 0 Å². The number of hydrogen-bond donors (Lipinski definition) is 0. The van der Waals surface area contributed by atoms with Crippen molar-refractivity contribution in [2.24, 2.45) is 0 Å². The number of rotatable bonds is 33. The fraction of sp³-hybridized carbons (Fsp3) is 0.804. The highest BCUT2D eigenvalue weighted by Crippen LogP contribution is 2.44. The maximum atomic E-state index is 12.3. The first-order chi connectivity index (χ1) is 25.0. The van der Waals surface area contributed by atoms with Gasteiger partial charge in [-0.1, -0.05) is 140 Å². The lowest BCUT2D eigenvalue weighted by Crippen LogP contribution is -2.33. The van der Waals surface area contributed by atoms with E-state index >= 15 is 0 Å². The monoisotopic (exact) mass is 712 g/mol. The quantitative estimate of drug-likeness (QED) is 0.0385. The third-order valence-corrected chi connectivity index (χ3v) is 10.4. The standard InChI is InChI=1S/C46H81NO4/c1-5-7-9-11-13-15-17-19-21-23-25-27-29-31-33-35-37-46(50-43-39-42(40-44(43)51-46)49-45(48)41-47(3)4)38-36-34-32-30-28-26-24-22-20-18-16-14-12-10-8-6-2/h13-16,19-22,42-44H,5-12,17-18,23-41H2,1-4H3/b15-13-,16-14-,21-19-,22-20-/t42?,43-,44+. The molecule has 1 saturated carbocycles. The van der Waals surface area contributed by atoms with Gasteiger partial charge in [0.05, 0.1) is 18.8 Å². The molecule has 3 atom stereocenters. The summed E-state index contributed by atoms with van der Waals surface area (Å²) in [4.78, 5) is 14.1. The van der Waals surface area contributed by atoms with Crippen LogP contribution in [-0.4, -0.2) is 55.6 Å². The van der Waals surface area contributed by atoms with Gasteiger partial charge in [0.1, 0.15) is 6.10 Å². The van der Waals surface area contributed by atoms with Crippen LogP contribution in [0.2, 0.25) is 0 Å². The van der Waals surface area contributed by atoms with Gasteiger partial charge in [0.15, 0.2) is 5.79 Å². The van der Waals surface area contributed by atoms with Crippen molar-refractivity contribution in [2.45, 2.75) is 218 Å². The minimum atomic E-state index is -0.446. The van der Waals surface area contributed by atoms with Crippen molar-refractivity contribution >= 4 is 5.97 Å². The van der Waals surface area contributed by atoms with Crippen molar-refractivity contribution in [3.8, 4) is 0 Å². The summed E-state index contributed by atoms with van der Waals surface area (Å²) in [5, 5.41) is 0. The van der Waals surface area contributed by atoms with E-state index in [0.29, 0.717) is 6.54 Å². The molecule has 2 rings (SSSR count). The molecule has 0 aromatic rings. The molecule has 2 fully saturated rings. The van der Waals surface area contributed by atoms with Crippen molar-refractivity contribution in [1.29, 1.82) is 0 Å². The second-order valence-corrected chi connectivity index (χ2v) is 15.7. The summed E-state index contributed by atoms with van der Waals surface area (Å²) in [5.41, 5.74) is 0. The Morgan fingerprint density at radius 2 is 0.941 bits per heavy atom. The molecule has 0 N–H and O–H groups in total. The van der Waals surface area contributed by atoms with Crippen LogP contribution in [-0.2, 0) is 19.0 Å². The Morgan fingerprint density at radius 1 is 0.569 bits per heavy atom. The second-order valence-electron chi connectivity index (χ2n) is 15.7. The minimum absolute atomic E-state index is 0.0522. The van der Waals surface area contributed by atoms with Gasteiger partial charge in [0.25, 0.3) is 0 Å². The van der Waals surface area contributed by atoms with Crippen molar-refractivity contribution in [3.05, 3.63) is 48.6 Å². The first kappa shape index (κ1) is 45.5. The maximum Gasteiger partial charge on any atom is 0.320 e. The topological polar surface area (TPSA) is 48.0 Å². The van der Waals surface area contributed by atoms with E-state index in [-0.39, 0.29) is 24.3 Å². The summed E-state index contributed by atoms with van der Waals surface area (Å²) in [7, 11) is 3.79. The zero-order valence-corrected chi connectivity index (χ0v) is 33.9. The lowest BCUT2D eigenvalue weighted by molar-refractivity contribution is -0.197. The molecule has 1 unspecified atom stereocenters. The van der Waals surface area contributed by atoms with Gasteiger partial charge in [-0.05, 0) is 91.1 Å². The van der Waals surface area contributed by atoms with E-state index < -0.39 is 5.79 Å². The zero-order chi connectivity index (χ0) is 36.7. The fourth-order valence-corrected chi connectivity index (χ4v) is 7.45. The number of carbonyl (C=O) groups is 1. The molecule has 0 aromatic carbocycles. The smallest absolute Gasteiger partial charge is 0.320 e. The Bertz CT molecular complexity index is 889. The third kappa shape index (κ3) is 23.6. The Morgan fingerprint density at radius 3 is 1.33 bits per heavy atom. The fourth-order valence-electron chi connectivity index (χ4n) is 7.45. The van der Waals surface area contributed by atoms with Crippen LogP contribution in [0.1, 0.15) is 194 Å². The molecule has 51 heavy (non-hydrogen) atoms. The largest absolute Gasteiger partial charge is 0.461 e. The van der Waals surface area contributed by atoms with Gasteiger partial charge in [-0.15, -0.1) is 0 Å². The van der Waals surface area contributed by atoms with E-state index in [0.717, 1.165) is 51.4 Å². The van der Waals surface area contributed by atoms with Gasteiger partial charge in [0.2, 0.25) is 0 Å². The van der Waals surface area contributed by atoms with Gasteiger partial charge >= 0.3 is 5.97 Å². The molecule has 2 aliphatic rings. The van der Waals surface area contributed by atoms with Crippen LogP contribution in [0, 0.1) is 0 Å². The number of carbonyl (C=O) groups excluding carboxylic acids is 1. The Balaban J connectivity index is 1.63. The number of allylic oxidation sites excluding steroid dienone is 8. The number of unbranched alkanes of at least 4 members (excludes halogenated alkanes) is 18. The lowest BCUT2D eigenvalue weighted by Gasteiger charge is -2.30. The van der Waals surface area contributed by atoms with E-state index in [9.17, 15) is 4.79 Å². The van der Waals surface area contributed by atoms with Crippen LogP contribution >= 0.6 is 0 Å². The Hall–Kier alpha value is -1.69. The van der Waals surface area contributed by atoms with E-state index in [1.54, 1.807) is 0 Å². The zero-order valence-electron chi connectivity index (χ0n) is 33.9. The van der Waals surface area contributed by atoms with Gasteiger partial charge in [-0.25, -0.2) is 0 Å². The summed E-state index contributed by atoms with van der Waals surface area (Å²) in [6.45, 7) is 4.84. The van der Waals surface area contributed by atoms with Crippen LogP contribution in [0.5, 0.6) is 0 Å². The molecule has 1 aliphatic heterocycles. The molecule has 5 heteroatoms. The molecule has 0 aromatic heterocycles. The summed E-state index contributed by atoms with van der Waals surface area (Å²) in [5.74, 6) is -0.600. The van der Waals surface area contributed by atoms with Gasteiger partial charge in [0, 0.05) is 25.7 Å². The summed E-state index contributed by atoms with van der Waals surface area (Å²) < 4.78 is 19.3. The SMILES string of the molecule is CCCCC/C=C\C/C=C\CCCCCCCCC1(CCCCCCCC/C=C\C/C=C\CCCCC)O[C@H]2CC(OC(=O)CN(C)C)C[C@H]2O1. The van der Waals surface area contributed by atoms with Crippen LogP contribution in [0.3, 0.4) is 0 Å². The highest BCUT2D eigenvalue weighted by atomic mass is 16.8. The third-order valence-electron chi connectivity index (χ3n) is 10.4. The van der Waals surface area contributed by atoms with E-state index in [1.165, 1.54) is 128 Å². The minimum Gasteiger partial charge on any atom is -0.461 e. The van der Waals surface area contributed by atoms with Crippen molar-refractivity contribution in [1.82, 2.24) is 4.90 Å². The van der Waals surface area contributed by atoms with E-state index in [4.69, 9.17) is 14.2 Å². The molecule has 0 amide bonds. The Labute approximate surface area is 316 Å². The molecular weight excluding hydrogens is 631 g/mol. The first-order valence-electron chi connectivity index (χ1n) is 21.8. The summed E-state index contributed by atoms with van der Waals surface area (Å²) in [6, 6.07) is 0. The highest BCUT2D eigenvalue weighted by Gasteiger charge is 2.52. The summed E-state index contributed by atoms with van der Waals surface area (Å²) >= 11 is 0. The normalized spacial score (nSPS) is 20.3. The number of fused-ring (bicyclic) bond motifs is 1. The number of likely N-dealkylation sites (N-methyl/N-ethyl adjacent to an activating group) is 1. The van der Waals surface area contributed by atoms with Crippen LogP contribution in [0.25, 0.3) is 0 Å². The molecule has 294 valence electrons. The van der Waals surface area contributed by atoms with E-state index in [1.807, 2.05) is 19.0 Å². The summed E-state index contributed by atoms with van der Waals surface area (Å²) in [6.07, 6.45) is 52.5. The van der Waals surface area contributed by atoms with Crippen molar-refractivity contribution in [3.63, 3.8) is 0 Å². The van der Waals surface area contributed by atoms with Gasteiger partial charge in [-0.3, -0.25) is 9.69 Å². The highest BCUT2D eigenvalue weighted by molar-refractivity contribution is 5.71. The number of nitrogens with zero attached hydrogens (tertiary/aromatic N) is 1. The maximum absolute atomic E-state index is 12.3. The first-order valence-corrected chi connectivity index (χ1v) is 21.8. The molecule has 0 radical (unpaired) electrons. The lowest BCUT2D eigenvalue weighted by atomic mass is 9.98. The molecule has 0 bridgehead atoms. The number of ether oxygens (including phenoxy) is 3. The van der Waals surface area contributed by atoms with Crippen molar-refractivity contribution in [2.75, 3.05) is 20.6 Å². The Kier molecular flexibility index (Phi) is 27.4. The molecule has 1 heterocycles. The van der Waals surface area contributed by atoms with Crippen molar-refractivity contribution < 1.29 is 19.0 Å². The molecule has 0 spiro atoms. The predicted molar refractivity (Wildman–Crippen MR) is 218 cm³/mol. The van der Waals surface area contributed by atoms with Gasteiger partial charge < -0.3 is 14.2 Å². The average Bonchev–Trinajstić information content (AvgIpc) is 3.62. The van der Waals surface area contributed by atoms with E-state index in [2.05, 4.69) is 62.5 Å². The number of esters is 1.